The fraction of sp³-hybridized carbons (Fsp3) is 0.227. The fourth-order valence-corrected chi connectivity index (χ4v) is 4.23. The minimum absolute atomic E-state index is 0.0746. The monoisotopic (exact) mass is 485 g/mol. The number of carbonyl (C=O) groups excluding carboxylic acids is 2. The molecule has 1 heterocycles. The summed E-state index contributed by atoms with van der Waals surface area (Å²) in [6.45, 7) is 1.94. The Bertz CT molecular complexity index is 1040. The lowest BCUT2D eigenvalue weighted by molar-refractivity contribution is -0.121. The van der Waals surface area contributed by atoms with E-state index in [1.165, 1.54) is 0 Å². The second-order valence-corrected chi connectivity index (χ2v) is 8.57. The first-order valence-electron chi connectivity index (χ1n) is 9.18. The highest BCUT2D eigenvalue weighted by atomic mass is 79.9. The van der Waals surface area contributed by atoms with Crippen molar-refractivity contribution in [2.75, 3.05) is 18.2 Å². The van der Waals surface area contributed by atoms with Crippen molar-refractivity contribution < 1.29 is 14.3 Å². The van der Waals surface area contributed by atoms with Crippen LogP contribution in [-0.4, -0.2) is 24.7 Å². The Morgan fingerprint density at radius 2 is 2.07 bits per heavy atom. The van der Waals surface area contributed by atoms with Gasteiger partial charge in [0.25, 0.3) is 0 Å². The highest BCUT2D eigenvalue weighted by Gasteiger charge is 2.29. The smallest absolute Gasteiger partial charge is 0.234 e. The molecular formula is C22H20BrN3O3S. The van der Waals surface area contributed by atoms with Crippen LogP contribution in [0, 0.1) is 18.3 Å². The average Bonchev–Trinajstić information content (AvgIpc) is 2.74. The van der Waals surface area contributed by atoms with Crippen LogP contribution in [-0.2, 0) is 9.59 Å². The Balaban J connectivity index is 1.74. The van der Waals surface area contributed by atoms with Gasteiger partial charge < -0.3 is 15.4 Å². The lowest BCUT2D eigenvalue weighted by Gasteiger charge is -2.25. The number of amides is 2. The number of anilines is 1. The summed E-state index contributed by atoms with van der Waals surface area (Å²) in [6.07, 6.45) is 0.184. The normalized spacial score (nSPS) is 15.9. The summed E-state index contributed by atoms with van der Waals surface area (Å²) >= 11 is 4.58. The molecule has 2 aromatic carbocycles. The van der Waals surface area contributed by atoms with Gasteiger partial charge in [-0.05, 0) is 48.4 Å². The van der Waals surface area contributed by atoms with Crippen molar-refractivity contribution in [2.45, 2.75) is 19.3 Å². The first-order valence-corrected chi connectivity index (χ1v) is 11.0. The molecule has 2 N–H and O–H groups in total. The van der Waals surface area contributed by atoms with Crippen molar-refractivity contribution in [1.82, 2.24) is 5.32 Å². The largest absolute Gasteiger partial charge is 0.497 e. The van der Waals surface area contributed by atoms with Gasteiger partial charge in [-0.1, -0.05) is 39.8 Å². The molecule has 2 amide bonds. The number of hydrogen-bond acceptors (Lipinski definition) is 5. The first kappa shape index (κ1) is 21.9. The summed E-state index contributed by atoms with van der Waals surface area (Å²) in [4.78, 5) is 24.6. The minimum atomic E-state index is -0.352. The molecule has 154 valence electrons. The lowest BCUT2D eigenvalue weighted by atomic mass is 9.87. The Morgan fingerprint density at radius 3 is 2.70 bits per heavy atom. The molecule has 30 heavy (non-hydrogen) atoms. The molecule has 0 fully saturated rings. The van der Waals surface area contributed by atoms with E-state index in [4.69, 9.17) is 4.74 Å². The number of nitrogens with zero attached hydrogens (tertiary/aromatic N) is 1. The zero-order chi connectivity index (χ0) is 21.7. The number of thioether (sulfide) groups is 1. The van der Waals surface area contributed by atoms with Gasteiger partial charge in [-0.15, -0.1) is 0 Å². The summed E-state index contributed by atoms with van der Waals surface area (Å²) in [6, 6.07) is 15.1. The van der Waals surface area contributed by atoms with Crippen LogP contribution in [0.1, 0.15) is 23.5 Å². The van der Waals surface area contributed by atoms with Gasteiger partial charge in [0.1, 0.15) is 5.75 Å². The van der Waals surface area contributed by atoms with E-state index >= 15 is 0 Å². The molecule has 0 spiro atoms. The van der Waals surface area contributed by atoms with E-state index in [0.717, 1.165) is 27.4 Å². The number of aryl methyl sites for hydroxylation is 1. The summed E-state index contributed by atoms with van der Waals surface area (Å²) in [5.74, 6) is 0.0319. The number of carbonyl (C=O) groups is 2. The number of hydrogen-bond donors (Lipinski definition) is 2. The summed E-state index contributed by atoms with van der Waals surface area (Å²) < 4.78 is 6.14. The first-order chi connectivity index (χ1) is 14.4. The SMILES string of the molecule is COc1ccc([C@H]2CC(=O)NC(SCC(=O)Nc3ccc(Br)c(C)c3)=C2C#N)cc1. The third-order valence-corrected chi connectivity index (χ3v) is 6.57. The highest BCUT2D eigenvalue weighted by molar-refractivity contribution is 9.10. The fourth-order valence-electron chi connectivity index (χ4n) is 3.11. The zero-order valence-electron chi connectivity index (χ0n) is 16.5. The van der Waals surface area contributed by atoms with Crippen LogP contribution in [0.2, 0.25) is 0 Å². The lowest BCUT2D eigenvalue weighted by Crippen LogP contribution is -2.31. The number of ether oxygens (including phenoxy) is 1. The number of halogens is 1. The number of nitriles is 1. The Kier molecular flexibility index (Phi) is 7.19. The molecule has 0 aromatic heterocycles. The van der Waals surface area contributed by atoms with E-state index < -0.39 is 0 Å². The quantitative estimate of drug-likeness (QED) is 0.629. The van der Waals surface area contributed by atoms with E-state index in [9.17, 15) is 14.9 Å². The van der Waals surface area contributed by atoms with E-state index in [1.807, 2.05) is 37.3 Å². The zero-order valence-corrected chi connectivity index (χ0v) is 18.9. The van der Waals surface area contributed by atoms with Gasteiger partial charge in [0, 0.05) is 22.5 Å². The molecule has 0 saturated carbocycles. The molecule has 1 aliphatic rings. The number of methoxy groups -OCH3 is 1. The molecule has 8 heteroatoms. The van der Waals surface area contributed by atoms with Gasteiger partial charge in [-0.25, -0.2) is 0 Å². The van der Waals surface area contributed by atoms with Crippen LogP contribution in [0.4, 0.5) is 5.69 Å². The molecule has 3 rings (SSSR count). The third kappa shape index (κ3) is 5.23. The van der Waals surface area contributed by atoms with Gasteiger partial charge in [0.2, 0.25) is 11.8 Å². The van der Waals surface area contributed by atoms with E-state index in [1.54, 1.807) is 19.2 Å². The number of allylic oxidation sites excluding steroid dienone is 1. The van der Waals surface area contributed by atoms with Crippen LogP contribution < -0.4 is 15.4 Å². The van der Waals surface area contributed by atoms with E-state index in [-0.39, 0.29) is 29.9 Å². The molecule has 0 aliphatic carbocycles. The maximum absolute atomic E-state index is 12.4. The predicted molar refractivity (Wildman–Crippen MR) is 121 cm³/mol. The van der Waals surface area contributed by atoms with Crippen molar-refractivity contribution in [1.29, 1.82) is 5.26 Å². The molecule has 1 aliphatic heterocycles. The number of nitrogens with one attached hydrogen (secondary N) is 2. The Hall–Kier alpha value is -2.76. The van der Waals surface area contributed by atoms with Crippen LogP contribution in [0.3, 0.4) is 0 Å². The van der Waals surface area contributed by atoms with Gasteiger partial charge in [0.15, 0.2) is 0 Å². The van der Waals surface area contributed by atoms with Gasteiger partial charge in [0.05, 0.1) is 29.5 Å². The van der Waals surface area contributed by atoms with Crippen molar-refractivity contribution in [3.05, 3.63) is 68.7 Å². The topological polar surface area (TPSA) is 91.2 Å². The van der Waals surface area contributed by atoms with Crippen molar-refractivity contribution in [3.8, 4) is 11.8 Å². The van der Waals surface area contributed by atoms with Gasteiger partial charge in [-0.2, -0.15) is 5.26 Å². The van der Waals surface area contributed by atoms with Crippen molar-refractivity contribution >= 4 is 45.2 Å². The van der Waals surface area contributed by atoms with Crippen LogP contribution in [0.5, 0.6) is 5.75 Å². The maximum Gasteiger partial charge on any atom is 0.234 e. The molecule has 6 nitrogen and oxygen atoms in total. The minimum Gasteiger partial charge on any atom is -0.497 e. The van der Waals surface area contributed by atoms with Crippen LogP contribution in [0.25, 0.3) is 0 Å². The Morgan fingerprint density at radius 1 is 1.33 bits per heavy atom. The number of benzene rings is 2. The van der Waals surface area contributed by atoms with Crippen LogP contribution >= 0.6 is 27.7 Å². The average molecular weight is 486 g/mol. The second-order valence-electron chi connectivity index (χ2n) is 6.73. The molecule has 1 atom stereocenters. The predicted octanol–water partition coefficient (Wildman–Crippen LogP) is 4.48. The standard InChI is InChI=1S/C22H20BrN3O3S/c1-13-9-15(5-8-19(13)23)25-21(28)12-30-22-18(11-24)17(10-20(27)26-22)14-3-6-16(29-2)7-4-14/h3-9,17H,10,12H2,1-2H3,(H,25,28)(H,26,27)/t17-/m1/s1. The molecular weight excluding hydrogens is 466 g/mol. The molecule has 0 radical (unpaired) electrons. The summed E-state index contributed by atoms with van der Waals surface area (Å²) in [7, 11) is 1.58. The van der Waals surface area contributed by atoms with Crippen LogP contribution in [0.15, 0.2) is 57.5 Å². The summed E-state index contributed by atoms with van der Waals surface area (Å²) in [5, 5.41) is 15.7. The molecule has 0 unspecified atom stereocenters. The van der Waals surface area contributed by atoms with Crippen molar-refractivity contribution in [2.24, 2.45) is 0 Å². The van der Waals surface area contributed by atoms with Crippen molar-refractivity contribution in [3.63, 3.8) is 0 Å². The van der Waals surface area contributed by atoms with E-state index in [0.29, 0.717) is 22.0 Å². The summed E-state index contributed by atoms with van der Waals surface area (Å²) in [5.41, 5.74) is 3.02. The maximum atomic E-state index is 12.4. The van der Waals surface area contributed by atoms with Gasteiger partial charge in [-0.3, -0.25) is 9.59 Å². The second kappa shape index (κ2) is 9.83. The Labute approximate surface area is 187 Å². The molecule has 2 aromatic rings. The highest BCUT2D eigenvalue weighted by Crippen LogP contribution is 2.36. The molecule has 0 bridgehead atoms. The number of rotatable bonds is 6. The van der Waals surface area contributed by atoms with E-state index in [2.05, 4.69) is 32.6 Å². The third-order valence-electron chi connectivity index (χ3n) is 4.66. The van der Waals surface area contributed by atoms with Gasteiger partial charge >= 0.3 is 0 Å². The molecule has 0 saturated heterocycles.